The Labute approximate surface area is 88.3 Å². The van der Waals surface area contributed by atoms with Crippen LogP contribution in [0.5, 0.6) is 0 Å². The molecule has 0 unspecified atom stereocenters. The lowest BCUT2D eigenvalue weighted by molar-refractivity contribution is 0.141. The molecular weight excluding hydrogens is 190 g/mol. The molecule has 0 saturated carbocycles. The normalized spacial score (nSPS) is 10.5. The number of hydrogen-bond acceptors (Lipinski definition) is 3. The van der Waals surface area contributed by atoms with Gasteiger partial charge in [0.2, 0.25) is 0 Å². The molecule has 2 N–H and O–H groups in total. The van der Waals surface area contributed by atoms with Crippen LogP contribution in [0.1, 0.15) is 5.56 Å². The molecule has 2 aromatic rings. The molecule has 0 amide bonds. The van der Waals surface area contributed by atoms with Gasteiger partial charge in [0, 0.05) is 18.1 Å². The van der Waals surface area contributed by atoms with E-state index in [0.29, 0.717) is 6.61 Å². The average Bonchev–Trinajstić information content (AvgIpc) is 2.80. The maximum atomic E-state index is 4.99. The largest absolute Gasteiger partial charge is 0.306 e. The monoisotopic (exact) mass is 203 g/mol. The highest BCUT2D eigenvalue weighted by Gasteiger charge is 1.97. The zero-order valence-corrected chi connectivity index (χ0v) is 8.34. The molecule has 0 aliphatic heterocycles. The first kappa shape index (κ1) is 9.89. The summed E-state index contributed by atoms with van der Waals surface area (Å²) in [4.78, 5) is 8.57. The number of aromatic nitrogens is 2. The third kappa shape index (κ3) is 2.43. The molecule has 0 fully saturated rings. The van der Waals surface area contributed by atoms with Crippen molar-refractivity contribution in [3.05, 3.63) is 48.5 Å². The van der Waals surface area contributed by atoms with Crippen molar-refractivity contribution in [1.82, 2.24) is 9.55 Å². The molecule has 0 aliphatic carbocycles. The van der Waals surface area contributed by atoms with Crippen LogP contribution in [-0.4, -0.2) is 16.2 Å². The van der Waals surface area contributed by atoms with Crippen molar-refractivity contribution < 1.29 is 4.84 Å². The first-order chi connectivity index (χ1) is 7.40. The van der Waals surface area contributed by atoms with Crippen molar-refractivity contribution >= 4 is 0 Å². The number of benzene rings is 1. The van der Waals surface area contributed by atoms with Gasteiger partial charge in [-0.25, -0.2) is 10.9 Å². The maximum Gasteiger partial charge on any atom is 0.0991 e. The lowest BCUT2D eigenvalue weighted by atomic mass is 10.1. The highest BCUT2D eigenvalue weighted by molar-refractivity contribution is 5.35. The van der Waals surface area contributed by atoms with E-state index in [1.807, 2.05) is 22.9 Å². The van der Waals surface area contributed by atoms with E-state index in [4.69, 9.17) is 5.90 Å². The molecule has 0 spiro atoms. The molecule has 15 heavy (non-hydrogen) atoms. The minimum atomic E-state index is 0.535. The molecule has 1 heterocycles. The van der Waals surface area contributed by atoms with Crippen LogP contribution in [0, 0.1) is 0 Å². The van der Waals surface area contributed by atoms with Crippen LogP contribution >= 0.6 is 0 Å². The van der Waals surface area contributed by atoms with Crippen LogP contribution in [0.15, 0.2) is 43.0 Å². The van der Waals surface area contributed by atoms with Gasteiger partial charge in [-0.15, -0.1) is 0 Å². The van der Waals surface area contributed by atoms with Crippen molar-refractivity contribution in [2.24, 2.45) is 5.90 Å². The third-order valence-electron chi connectivity index (χ3n) is 2.22. The molecule has 78 valence electrons. The summed E-state index contributed by atoms with van der Waals surface area (Å²) >= 11 is 0. The van der Waals surface area contributed by atoms with Gasteiger partial charge in [-0.1, -0.05) is 12.1 Å². The molecule has 1 aromatic heterocycles. The van der Waals surface area contributed by atoms with Gasteiger partial charge in [0.25, 0.3) is 0 Å². The molecule has 4 heteroatoms. The van der Waals surface area contributed by atoms with Crippen molar-refractivity contribution in [2.75, 3.05) is 6.61 Å². The van der Waals surface area contributed by atoms with Crippen LogP contribution in [-0.2, 0) is 11.3 Å². The third-order valence-corrected chi connectivity index (χ3v) is 2.22. The average molecular weight is 203 g/mol. The lowest BCUT2D eigenvalue weighted by Gasteiger charge is -2.05. The number of rotatable bonds is 4. The number of hydrogen-bond donors (Lipinski definition) is 1. The highest BCUT2D eigenvalue weighted by atomic mass is 16.6. The predicted octanol–water partition coefficient (Wildman–Crippen LogP) is 1.31. The summed E-state index contributed by atoms with van der Waals surface area (Å²) in [6.07, 6.45) is 6.27. The lowest BCUT2D eigenvalue weighted by Crippen LogP contribution is -2.04. The minimum Gasteiger partial charge on any atom is -0.306 e. The van der Waals surface area contributed by atoms with Gasteiger partial charge in [-0.3, -0.25) is 0 Å². The predicted molar refractivity (Wildman–Crippen MR) is 57.4 cm³/mol. The second-order valence-corrected chi connectivity index (χ2v) is 3.26. The molecule has 0 saturated heterocycles. The fourth-order valence-corrected chi connectivity index (χ4v) is 1.46. The molecular formula is C11H13N3O. The van der Waals surface area contributed by atoms with E-state index in [1.54, 1.807) is 12.5 Å². The van der Waals surface area contributed by atoms with Crippen molar-refractivity contribution in [3.8, 4) is 5.69 Å². The fraction of sp³-hybridized carbons (Fsp3) is 0.182. The Bertz CT molecular complexity index is 412. The number of nitrogens with two attached hydrogens (primary N) is 1. The van der Waals surface area contributed by atoms with Crippen LogP contribution < -0.4 is 5.90 Å². The summed E-state index contributed by atoms with van der Waals surface area (Å²) in [6.45, 7) is 0.535. The topological polar surface area (TPSA) is 53.1 Å². The summed E-state index contributed by atoms with van der Waals surface area (Å²) in [5.41, 5.74) is 2.30. The van der Waals surface area contributed by atoms with Gasteiger partial charge in [0.05, 0.1) is 12.9 Å². The van der Waals surface area contributed by atoms with E-state index in [0.717, 1.165) is 12.1 Å². The van der Waals surface area contributed by atoms with E-state index < -0.39 is 0 Å². The zero-order chi connectivity index (χ0) is 10.5. The highest BCUT2D eigenvalue weighted by Crippen LogP contribution is 2.10. The molecule has 2 rings (SSSR count). The van der Waals surface area contributed by atoms with Gasteiger partial charge in [-0.05, 0) is 24.1 Å². The van der Waals surface area contributed by atoms with Crippen molar-refractivity contribution in [3.63, 3.8) is 0 Å². The van der Waals surface area contributed by atoms with E-state index in [9.17, 15) is 0 Å². The fourth-order valence-electron chi connectivity index (χ4n) is 1.46. The van der Waals surface area contributed by atoms with Crippen LogP contribution in [0.4, 0.5) is 0 Å². The second-order valence-electron chi connectivity index (χ2n) is 3.26. The summed E-state index contributed by atoms with van der Waals surface area (Å²) in [5.74, 6) is 4.99. The van der Waals surface area contributed by atoms with Gasteiger partial charge in [0.15, 0.2) is 0 Å². The standard InChI is InChI=1S/C11H13N3O/c12-15-7-4-10-2-1-3-11(8-10)14-6-5-13-9-14/h1-3,5-6,8-9H,4,7,12H2. The van der Waals surface area contributed by atoms with E-state index in [1.165, 1.54) is 5.56 Å². The molecule has 0 atom stereocenters. The summed E-state index contributed by atoms with van der Waals surface area (Å²) < 4.78 is 1.97. The Morgan fingerprint density at radius 1 is 1.40 bits per heavy atom. The smallest absolute Gasteiger partial charge is 0.0991 e. The van der Waals surface area contributed by atoms with Gasteiger partial charge in [0.1, 0.15) is 0 Å². The Morgan fingerprint density at radius 3 is 3.07 bits per heavy atom. The van der Waals surface area contributed by atoms with Crippen LogP contribution in [0.2, 0.25) is 0 Å². The minimum absolute atomic E-state index is 0.535. The Balaban J connectivity index is 2.19. The first-order valence-electron chi connectivity index (χ1n) is 4.79. The Hall–Kier alpha value is -1.65. The van der Waals surface area contributed by atoms with Gasteiger partial charge in [-0.2, -0.15) is 0 Å². The quantitative estimate of drug-likeness (QED) is 0.762. The molecule has 1 aromatic carbocycles. The molecule has 0 bridgehead atoms. The summed E-state index contributed by atoms with van der Waals surface area (Å²) in [6, 6.07) is 8.20. The SMILES string of the molecule is NOCCc1cccc(-n2ccnc2)c1. The van der Waals surface area contributed by atoms with Crippen LogP contribution in [0.3, 0.4) is 0 Å². The van der Waals surface area contributed by atoms with E-state index in [-0.39, 0.29) is 0 Å². The molecule has 4 nitrogen and oxygen atoms in total. The number of nitrogens with zero attached hydrogens (tertiary/aromatic N) is 2. The van der Waals surface area contributed by atoms with Gasteiger partial charge >= 0.3 is 0 Å². The Morgan fingerprint density at radius 2 is 2.33 bits per heavy atom. The van der Waals surface area contributed by atoms with Crippen molar-refractivity contribution in [2.45, 2.75) is 6.42 Å². The van der Waals surface area contributed by atoms with E-state index >= 15 is 0 Å². The summed E-state index contributed by atoms with van der Waals surface area (Å²) in [5, 5.41) is 0. The Kier molecular flexibility index (Phi) is 3.11. The number of imidazole rings is 1. The first-order valence-corrected chi connectivity index (χ1v) is 4.79. The summed E-state index contributed by atoms with van der Waals surface area (Å²) in [7, 11) is 0. The molecule has 0 aliphatic rings. The maximum absolute atomic E-state index is 4.99. The van der Waals surface area contributed by atoms with E-state index in [2.05, 4.69) is 22.0 Å². The second kappa shape index (κ2) is 4.72. The van der Waals surface area contributed by atoms with Crippen molar-refractivity contribution in [1.29, 1.82) is 0 Å². The van der Waals surface area contributed by atoms with Gasteiger partial charge < -0.3 is 9.40 Å². The molecule has 0 radical (unpaired) electrons. The zero-order valence-electron chi connectivity index (χ0n) is 8.34. The van der Waals surface area contributed by atoms with Crippen LogP contribution in [0.25, 0.3) is 5.69 Å².